The van der Waals surface area contributed by atoms with E-state index in [1.807, 2.05) is 19.1 Å². The highest BCUT2D eigenvalue weighted by Crippen LogP contribution is 2.42. The van der Waals surface area contributed by atoms with Gasteiger partial charge in [0.05, 0.1) is 28.8 Å². The van der Waals surface area contributed by atoms with Crippen molar-refractivity contribution < 1.29 is 8.78 Å². The lowest BCUT2D eigenvalue weighted by molar-refractivity contribution is -0.0193. The molecule has 0 saturated carbocycles. The van der Waals surface area contributed by atoms with Crippen molar-refractivity contribution in [2.75, 3.05) is 6.54 Å². The first-order valence-electron chi connectivity index (χ1n) is 8.63. The van der Waals surface area contributed by atoms with Crippen LogP contribution in [0.5, 0.6) is 0 Å². The van der Waals surface area contributed by atoms with E-state index in [0.717, 1.165) is 15.4 Å². The molecule has 2 aromatic rings. The second-order valence-electron chi connectivity index (χ2n) is 6.33. The highest BCUT2D eigenvalue weighted by atomic mass is 32.1. The number of alkyl halides is 2. The minimum absolute atomic E-state index is 0.309. The molecule has 0 saturated heterocycles. The molecular weight excluding hydrogens is 370 g/mol. The summed E-state index contributed by atoms with van der Waals surface area (Å²) in [6.07, 6.45) is 6.83. The molecule has 1 aliphatic heterocycles. The number of halogens is 2. The summed E-state index contributed by atoms with van der Waals surface area (Å²) in [5, 5.41) is 9.81. The van der Waals surface area contributed by atoms with Gasteiger partial charge in [0.15, 0.2) is 0 Å². The normalized spacial score (nSPS) is 18.8. The summed E-state index contributed by atoms with van der Waals surface area (Å²) < 4.78 is 28.9. The quantitative estimate of drug-likeness (QED) is 0.625. The van der Waals surface area contributed by atoms with Crippen molar-refractivity contribution >= 4 is 29.1 Å². The molecule has 0 amide bonds. The number of fused-ring (bicyclic) bond motifs is 1. The van der Waals surface area contributed by atoms with Crippen LogP contribution >= 0.6 is 11.3 Å². The summed E-state index contributed by atoms with van der Waals surface area (Å²) in [5.74, 6) is -2.55. The van der Waals surface area contributed by atoms with Gasteiger partial charge in [0.1, 0.15) is 11.9 Å². The van der Waals surface area contributed by atoms with Gasteiger partial charge < -0.3 is 11.1 Å². The zero-order valence-electron chi connectivity index (χ0n) is 15.1. The Morgan fingerprint density at radius 1 is 1.56 bits per heavy atom. The maximum Gasteiger partial charge on any atom is 0.281 e. The summed E-state index contributed by atoms with van der Waals surface area (Å²) in [6, 6.07) is 2.32. The molecule has 2 unspecified atom stereocenters. The summed E-state index contributed by atoms with van der Waals surface area (Å²) in [7, 11) is 0. The standard InChI is InChI=1S/C18H22F2N6S/c1-3-4-6-22-11(2)18(19,20)10-23-13-9-16(21)25-14-8-15(27-17(13)14)12-5-7-24-26-12/h3-8,11,13,23H,9-10H2,1-2H3,(H2,21,25)(H,24,26)/b4-3-,22-6-. The number of nitrogens with two attached hydrogens (primary N) is 1. The van der Waals surface area contributed by atoms with Crippen LogP contribution in [0.25, 0.3) is 10.6 Å². The van der Waals surface area contributed by atoms with Crippen molar-refractivity contribution in [2.24, 2.45) is 15.7 Å². The number of allylic oxidation sites excluding steroid dienone is 2. The van der Waals surface area contributed by atoms with Gasteiger partial charge in [0.25, 0.3) is 5.92 Å². The highest BCUT2D eigenvalue weighted by Gasteiger charge is 2.37. The van der Waals surface area contributed by atoms with E-state index >= 15 is 0 Å². The van der Waals surface area contributed by atoms with Crippen molar-refractivity contribution in [1.82, 2.24) is 15.5 Å². The Labute approximate surface area is 160 Å². The molecule has 0 fully saturated rings. The van der Waals surface area contributed by atoms with E-state index in [1.165, 1.54) is 24.5 Å². The summed E-state index contributed by atoms with van der Waals surface area (Å²) in [6.45, 7) is 2.73. The highest BCUT2D eigenvalue weighted by molar-refractivity contribution is 7.16. The Bertz CT molecular complexity index is 853. The summed E-state index contributed by atoms with van der Waals surface area (Å²) >= 11 is 1.50. The Morgan fingerprint density at radius 3 is 3.07 bits per heavy atom. The van der Waals surface area contributed by atoms with Gasteiger partial charge in [-0.05, 0) is 32.1 Å². The maximum atomic E-state index is 14.4. The first kappa shape index (κ1) is 19.4. The van der Waals surface area contributed by atoms with E-state index in [1.54, 1.807) is 18.3 Å². The molecule has 27 heavy (non-hydrogen) atoms. The maximum absolute atomic E-state index is 14.4. The van der Waals surface area contributed by atoms with Gasteiger partial charge in [-0.15, -0.1) is 11.3 Å². The molecule has 0 aliphatic carbocycles. The second kappa shape index (κ2) is 8.10. The van der Waals surface area contributed by atoms with Crippen molar-refractivity contribution in [3.63, 3.8) is 0 Å². The fraction of sp³-hybridized carbons (Fsp3) is 0.389. The minimum Gasteiger partial charge on any atom is -0.387 e. The fourth-order valence-corrected chi connectivity index (χ4v) is 3.86. The molecule has 4 N–H and O–H groups in total. The number of H-pyrrole nitrogens is 1. The lowest BCUT2D eigenvalue weighted by Crippen LogP contribution is -2.43. The molecule has 2 aromatic heterocycles. The molecule has 0 radical (unpaired) electrons. The fourth-order valence-electron chi connectivity index (χ4n) is 2.71. The van der Waals surface area contributed by atoms with E-state index in [-0.39, 0.29) is 6.04 Å². The van der Waals surface area contributed by atoms with Crippen molar-refractivity contribution in [2.45, 2.75) is 38.3 Å². The molecule has 3 rings (SSSR count). The number of aromatic amines is 1. The number of thiophene rings is 1. The average molecular weight is 392 g/mol. The predicted octanol–water partition coefficient (Wildman–Crippen LogP) is 3.83. The molecule has 2 atom stereocenters. The van der Waals surface area contributed by atoms with Crippen LogP contribution in [0.15, 0.2) is 40.5 Å². The molecule has 1 aliphatic rings. The predicted molar refractivity (Wildman–Crippen MR) is 106 cm³/mol. The summed E-state index contributed by atoms with van der Waals surface area (Å²) in [4.78, 5) is 10.1. The van der Waals surface area contributed by atoms with Gasteiger partial charge in [0, 0.05) is 23.7 Å². The number of aliphatic imine (C=N–C) groups is 2. The van der Waals surface area contributed by atoms with Crippen molar-refractivity contribution in [3.8, 4) is 10.6 Å². The SMILES string of the molecule is C/C=C\C=N/C(C)C(F)(F)CNC1CC(N)=Nc2cc(-c3ccn[nH]3)sc21. The zero-order chi connectivity index (χ0) is 19.4. The second-order valence-corrected chi connectivity index (χ2v) is 7.42. The number of nitrogens with one attached hydrogen (secondary N) is 2. The van der Waals surface area contributed by atoms with Crippen LogP contribution in [-0.2, 0) is 0 Å². The van der Waals surface area contributed by atoms with Crippen LogP contribution in [0.1, 0.15) is 31.2 Å². The van der Waals surface area contributed by atoms with Crippen molar-refractivity contribution in [3.05, 3.63) is 35.4 Å². The van der Waals surface area contributed by atoms with Crippen molar-refractivity contribution in [1.29, 1.82) is 0 Å². The van der Waals surface area contributed by atoms with E-state index < -0.39 is 18.5 Å². The number of rotatable bonds is 7. The van der Waals surface area contributed by atoms with E-state index in [0.29, 0.717) is 17.9 Å². The van der Waals surface area contributed by atoms with Crippen LogP contribution < -0.4 is 11.1 Å². The third kappa shape index (κ3) is 4.48. The molecule has 6 nitrogen and oxygen atoms in total. The van der Waals surface area contributed by atoms with E-state index in [4.69, 9.17) is 5.73 Å². The molecule has 0 bridgehead atoms. The topological polar surface area (TPSA) is 91.4 Å². The monoisotopic (exact) mass is 392 g/mol. The van der Waals surface area contributed by atoms with Crippen LogP contribution in [0, 0.1) is 0 Å². The van der Waals surface area contributed by atoms with Crippen LogP contribution in [0.4, 0.5) is 14.5 Å². The van der Waals surface area contributed by atoms with Crippen LogP contribution in [-0.4, -0.2) is 40.8 Å². The number of hydrogen-bond donors (Lipinski definition) is 3. The van der Waals surface area contributed by atoms with Gasteiger partial charge in [0.2, 0.25) is 0 Å². The zero-order valence-corrected chi connectivity index (χ0v) is 15.9. The third-order valence-corrected chi connectivity index (χ3v) is 5.55. The molecule has 3 heterocycles. The Hall–Kier alpha value is -2.39. The van der Waals surface area contributed by atoms with Gasteiger partial charge in [-0.25, -0.2) is 13.8 Å². The van der Waals surface area contributed by atoms with E-state index in [2.05, 4.69) is 25.5 Å². The van der Waals surface area contributed by atoms with E-state index in [9.17, 15) is 8.78 Å². The van der Waals surface area contributed by atoms with Gasteiger partial charge in [-0.2, -0.15) is 5.10 Å². The largest absolute Gasteiger partial charge is 0.387 e. The molecule has 0 aromatic carbocycles. The number of hydrogen-bond acceptors (Lipinski definition) is 6. The van der Waals surface area contributed by atoms with Crippen LogP contribution in [0.2, 0.25) is 0 Å². The Balaban J connectivity index is 1.74. The Kier molecular flexibility index (Phi) is 5.81. The number of nitrogens with zero attached hydrogens (tertiary/aromatic N) is 3. The molecular formula is C18H22F2N6S. The number of amidine groups is 1. The summed E-state index contributed by atoms with van der Waals surface area (Å²) in [5.41, 5.74) is 7.50. The lowest BCUT2D eigenvalue weighted by Gasteiger charge is -2.26. The molecule has 9 heteroatoms. The minimum atomic E-state index is -2.98. The van der Waals surface area contributed by atoms with Gasteiger partial charge in [-0.1, -0.05) is 6.08 Å². The first-order valence-corrected chi connectivity index (χ1v) is 9.44. The molecule has 0 spiro atoms. The lowest BCUT2D eigenvalue weighted by atomic mass is 10.1. The van der Waals surface area contributed by atoms with Gasteiger partial charge >= 0.3 is 0 Å². The van der Waals surface area contributed by atoms with Gasteiger partial charge in [-0.3, -0.25) is 10.1 Å². The Morgan fingerprint density at radius 2 is 2.37 bits per heavy atom. The van der Waals surface area contributed by atoms with Crippen LogP contribution in [0.3, 0.4) is 0 Å². The smallest absolute Gasteiger partial charge is 0.281 e. The number of aromatic nitrogens is 2. The molecule has 144 valence electrons. The first-order chi connectivity index (χ1) is 12.9. The third-order valence-electron chi connectivity index (χ3n) is 4.28. The average Bonchev–Trinajstić information content (AvgIpc) is 3.28.